The van der Waals surface area contributed by atoms with Crippen LogP contribution in [0.1, 0.15) is 90.2 Å². The van der Waals surface area contributed by atoms with Gasteiger partial charge in [0.25, 0.3) is 0 Å². The van der Waals surface area contributed by atoms with E-state index in [1.165, 1.54) is 0 Å². The summed E-state index contributed by atoms with van der Waals surface area (Å²) in [5, 5.41) is 17.1. The first-order valence-corrected chi connectivity index (χ1v) is 24.9. The van der Waals surface area contributed by atoms with Gasteiger partial charge in [0.1, 0.15) is 23.3 Å². The highest BCUT2D eigenvalue weighted by Gasteiger charge is 2.75. The summed E-state index contributed by atoms with van der Waals surface area (Å²) in [4.78, 5) is 68.9. The average Bonchev–Trinajstić information content (AvgIpc) is 3.88. The summed E-state index contributed by atoms with van der Waals surface area (Å²) in [5.74, 6) is 3.23. The van der Waals surface area contributed by atoms with Gasteiger partial charge < -0.3 is 30.1 Å². The summed E-state index contributed by atoms with van der Waals surface area (Å²) in [6.45, 7) is 4.51. The lowest BCUT2D eigenvalue weighted by Gasteiger charge is -2.46. The number of phenolic OH excluding ortho intramolecular Hbond substituents is 1. The van der Waals surface area contributed by atoms with Gasteiger partial charge in [-0.15, -0.1) is 0 Å². The molecular formula is C60H55N5O7. The minimum atomic E-state index is -2.00. The summed E-state index contributed by atoms with van der Waals surface area (Å²) < 4.78 is 12.2. The number of allylic oxidation sites excluding steroid dienone is 2. The quantitative estimate of drug-likeness (QED) is 0.101. The third-order valence-electron chi connectivity index (χ3n) is 15.0. The predicted octanol–water partition coefficient (Wildman–Crippen LogP) is 9.86. The van der Waals surface area contributed by atoms with E-state index >= 15 is 19.2 Å². The number of cyclic esters (lactones) is 1. The Morgan fingerprint density at radius 2 is 1.43 bits per heavy atom. The van der Waals surface area contributed by atoms with Crippen LogP contribution in [0.5, 0.6) is 5.75 Å². The molecule has 0 aromatic heterocycles. The highest BCUT2D eigenvalue weighted by molar-refractivity contribution is 6.25. The lowest BCUT2D eigenvalue weighted by molar-refractivity contribution is -0.177. The topological polar surface area (TPSA) is 141 Å². The fourth-order valence-electron chi connectivity index (χ4n) is 11.6. The molecule has 72 heavy (non-hydrogen) atoms. The smallest absolute Gasteiger partial charge is 0.329 e. The molecule has 6 aromatic rings. The zero-order valence-electron chi connectivity index (χ0n) is 39.9. The van der Waals surface area contributed by atoms with Gasteiger partial charge in [-0.25, -0.2) is 9.69 Å². The van der Waals surface area contributed by atoms with Crippen LogP contribution in [-0.2, 0) is 29.3 Å². The SMILES string of the molecule is C[C@@H](NC(=O)N1C(=O)[C@@]2(c3cc(C#CC4=CCCCC4)ccc31)[C@H](C(=O)Nc1ccc(N3CCOCC3)cc1)[C@H]1C(=O)O[C@H](c3ccccc3)[C@H](c3ccccc3)N1[C@@H]2c1ccc(O)cc1)c1ccccc1. The van der Waals surface area contributed by atoms with Crippen LogP contribution in [-0.4, -0.2) is 66.2 Å². The molecule has 3 fully saturated rings. The fraction of sp³-hybridized carbons (Fsp3) is 0.267. The number of nitrogens with zero attached hydrogens (tertiary/aromatic N) is 3. The van der Waals surface area contributed by atoms with E-state index in [2.05, 4.69) is 33.5 Å². The highest BCUT2D eigenvalue weighted by Crippen LogP contribution is 2.66. The molecule has 362 valence electrons. The number of carbonyl (C=O) groups excluding carboxylic acids is 4. The van der Waals surface area contributed by atoms with Crippen molar-refractivity contribution in [3.05, 3.63) is 203 Å². The molecule has 1 spiro atoms. The Morgan fingerprint density at radius 3 is 2.11 bits per heavy atom. The molecule has 0 bridgehead atoms. The van der Waals surface area contributed by atoms with E-state index in [-0.39, 0.29) is 11.4 Å². The Morgan fingerprint density at radius 1 is 0.750 bits per heavy atom. The number of ether oxygens (including phenoxy) is 2. The van der Waals surface area contributed by atoms with Crippen molar-refractivity contribution in [1.82, 2.24) is 10.2 Å². The van der Waals surface area contributed by atoms with E-state index in [0.29, 0.717) is 41.2 Å². The Balaban J connectivity index is 1.15. The number of hydrogen-bond donors (Lipinski definition) is 3. The van der Waals surface area contributed by atoms with Gasteiger partial charge >= 0.3 is 12.0 Å². The number of aromatic hydroxyl groups is 1. The van der Waals surface area contributed by atoms with Crippen molar-refractivity contribution in [2.75, 3.05) is 41.4 Å². The number of fused-ring (bicyclic) bond motifs is 3. The molecule has 12 nitrogen and oxygen atoms in total. The molecule has 1 aliphatic carbocycles. The number of carbonyl (C=O) groups is 4. The Hall–Kier alpha value is -7.98. The number of nitrogens with one attached hydrogen (secondary N) is 2. The number of morpholine rings is 2. The van der Waals surface area contributed by atoms with Gasteiger partial charge in [0.15, 0.2) is 0 Å². The number of esters is 1. The maximum atomic E-state index is 16.7. The number of rotatable bonds is 8. The van der Waals surface area contributed by atoms with Crippen LogP contribution < -0.4 is 20.4 Å². The molecule has 4 aliphatic heterocycles. The van der Waals surface area contributed by atoms with E-state index in [1.54, 1.807) is 36.4 Å². The van der Waals surface area contributed by atoms with Gasteiger partial charge in [-0.3, -0.25) is 19.3 Å². The van der Waals surface area contributed by atoms with Gasteiger partial charge in [0.2, 0.25) is 11.8 Å². The van der Waals surface area contributed by atoms with Crippen LogP contribution in [0.2, 0.25) is 0 Å². The van der Waals surface area contributed by atoms with Gasteiger partial charge in [0.05, 0.1) is 42.9 Å². The van der Waals surface area contributed by atoms with Crippen LogP contribution in [0, 0.1) is 17.8 Å². The first kappa shape index (κ1) is 46.4. The number of phenols is 1. The number of hydrogen-bond acceptors (Lipinski definition) is 9. The zero-order chi connectivity index (χ0) is 49.3. The monoisotopic (exact) mass is 957 g/mol. The number of benzene rings is 6. The summed E-state index contributed by atoms with van der Waals surface area (Å²) in [6.07, 6.45) is 5.20. The first-order valence-electron chi connectivity index (χ1n) is 24.9. The second kappa shape index (κ2) is 19.7. The largest absolute Gasteiger partial charge is 0.508 e. The highest BCUT2D eigenvalue weighted by atomic mass is 16.6. The number of imide groups is 1. The van der Waals surface area contributed by atoms with Gasteiger partial charge in [-0.05, 0) is 121 Å². The van der Waals surface area contributed by atoms with E-state index < -0.39 is 65.4 Å². The normalized spacial score (nSPS) is 24.0. The average molecular weight is 958 g/mol. The molecular weight excluding hydrogens is 903 g/mol. The summed E-state index contributed by atoms with van der Waals surface area (Å²) in [7, 11) is 0. The standard InChI is InChI=1S/C60H55N5O7/c1-39(42-16-8-3-9-17-42)61-59(70)64-50-33-24-41(23-22-40-14-6-2-7-15-40)38-49(50)60(58(64)69)51(56(67)62-46-27-29-47(30-28-46)63-34-36-71-37-35-63)53-57(68)72-54(44-20-12-5-13-21-44)52(43-18-10-4-11-19-43)65(53)55(60)45-25-31-48(66)32-26-45/h3-5,8-14,16-21,24-33,38-39,51-55,66H,2,6-7,15,34-37H2,1H3,(H,61,70)(H,62,67)/t39-,51+,52+,53+,54-,55-,60+/m1/s1. The maximum absolute atomic E-state index is 16.7. The molecule has 11 rings (SSSR count). The van der Waals surface area contributed by atoms with Crippen molar-refractivity contribution >= 4 is 40.9 Å². The lowest BCUT2D eigenvalue weighted by atomic mass is 9.65. The molecule has 7 atom stereocenters. The van der Waals surface area contributed by atoms with Crippen molar-refractivity contribution in [3.8, 4) is 17.6 Å². The first-order chi connectivity index (χ1) is 35.2. The van der Waals surface area contributed by atoms with Crippen molar-refractivity contribution in [2.45, 2.75) is 68.3 Å². The summed E-state index contributed by atoms with van der Waals surface area (Å²) >= 11 is 0. The van der Waals surface area contributed by atoms with E-state index in [1.807, 2.05) is 133 Å². The molecule has 6 aromatic carbocycles. The minimum absolute atomic E-state index is 0.0133. The minimum Gasteiger partial charge on any atom is -0.508 e. The Kier molecular flexibility index (Phi) is 12.7. The summed E-state index contributed by atoms with van der Waals surface area (Å²) in [6, 6.07) is 43.6. The fourth-order valence-corrected chi connectivity index (χ4v) is 11.6. The number of urea groups is 1. The Bertz CT molecular complexity index is 3090. The second-order valence-electron chi connectivity index (χ2n) is 19.2. The van der Waals surface area contributed by atoms with E-state index in [4.69, 9.17) is 9.47 Å². The van der Waals surface area contributed by atoms with Crippen LogP contribution in [0.4, 0.5) is 21.9 Å². The number of amides is 4. The predicted molar refractivity (Wildman–Crippen MR) is 275 cm³/mol. The van der Waals surface area contributed by atoms with Crippen LogP contribution in [0.15, 0.2) is 169 Å². The molecule has 0 unspecified atom stereocenters. The van der Waals surface area contributed by atoms with Gasteiger partial charge in [0, 0.05) is 30.0 Å². The van der Waals surface area contributed by atoms with Crippen LogP contribution >= 0.6 is 0 Å². The zero-order valence-corrected chi connectivity index (χ0v) is 39.9. The molecule has 4 heterocycles. The van der Waals surface area contributed by atoms with Gasteiger partial charge in [-0.2, -0.15) is 0 Å². The summed E-state index contributed by atoms with van der Waals surface area (Å²) in [5.41, 5.74) is 4.51. The molecule has 0 radical (unpaired) electrons. The van der Waals surface area contributed by atoms with Crippen molar-refractivity contribution in [1.29, 1.82) is 0 Å². The van der Waals surface area contributed by atoms with Crippen LogP contribution in [0.3, 0.4) is 0 Å². The molecule has 3 N–H and O–H groups in total. The van der Waals surface area contributed by atoms with Crippen molar-refractivity contribution in [3.63, 3.8) is 0 Å². The molecule has 0 saturated carbocycles. The second-order valence-corrected chi connectivity index (χ2v) is 19.2. The van der Waals surface area contributed by atoms with Crippen molar-refractivity contribution < 1.29 is 33.8 Å². The molecule has 4 amide bonds. The Labute approximate surface area is 419 Å². The van der Waals surface area contributed by atoms with Crippen molar-refractivity contribution in [2.24, 2.45) is 5.92 Å². The molecule has 3 saturated heterocycles. The van der Waals surface area contributed by atoms with E-state index in [9.17, 15) is 5.11 Å². The third kappa shape index (κ3) is 8.38. The van der Waals surface area contributed by atoms with Crippen LogP contribution in [0.25, 0.3) is 0 Å². The third-order valence-corrected chi connectivity index (χ3v) is 15.0. The number of anilines is 3. The lowest BCUT2D eigenvalue weighted by Crippen LogP contribution is -2.55. The van der Waals surface area contributed by atoms with E-state index in [0.717, 1.165) is 66.1 Å². The maximum Gasteiger partial charge on any atom is 0.329 e. The molecule has 5 aliphatic rings. The molecule has 12 heteroatoms. The van der Waals surface area contributed by atoms with Gasteiger partial charge in [-0.1, -0.05) is 121 Å².